The molecule has 0 saturated carbocycles. The SMILES string of the molecule is C[C@@H]1CCC[C@H](C)N1CCC(N)C#N. The number of hydrogen-bond acceptors (Lipinski definition) is 3. The Kier molecular flexibility index (Phi) is 4.37. The first-order valence-corrected chi connectivity index (χ1v) is 5.56. The maximum absolute atomic E-state index is 8.60. The minimum Gasteiger partial charge on any atom is -0.316 e. The Bertz CT molecular complexity index is 199. The van der Waals surface area contributed by atoms with E-state index in [9.17, 15) is 0 Å². The van der Waals surface area contributed by atoms with Crippen LogP contribution in [0.4, 0.5) is 0 Å². The zero-order chi connectivity index (χ0) is 10.6. The van der Waals surface area contributed by atoms with E-state index >= 15 is 0 Å². The predicted molar refractivity (Wildman–Crippen MR) is 57.7 cm³/mol. The standard InChI is InChI=1S/C11H21N3/c1-9-4-3-5-10(2)14(9)7-6-11(13)8-12/h9-11H,3-7,13H2,1-2H3/t9-,10+,11?. The molecule has 0 aromatic heterocycles. The Morgan fingerprint density at radius 3 is 2.50 bits per heavy atom. The van der Waals surface area contributed by atoms with Crippen LogP contribution < -0.4 is 5.73 Å². The van der Waals surface area contributed by atoms with Gasteiger partial charge in [-0.2, -0.15) is 5.26 Å². The molecule has 0 aliphatic carbocycles. The number of hydrogen-bond donors (Lipinski definition) is 1. The number of nitriles is 1. The monoisotopic (exact) mass is 195 g/mol. The van der Waals surface area contributed by atoms with Crippen LogP contribution in [0, 0.1) is 11.3 Å². The lowest BCUT2D eigenvalue weighted by molar-refractivity contribution is 0.101. The lowest BCUT2D eigenvalue weighted by Crippen LogP contribution is -2.45. The molecule has 3 nitrogen and oxygen atoms in total. The van der Waals surface area contributed by atoms with Crippen LogP contribution in [0.25, 0.3) is 0 Å². The van der Waals surface area contributed by atoms with E-state index in [1.165, 1.54) is 19.3 Å². The third-order valence-corrected chi connectivity index (χ3v) is 3.24. The summed E-state index contributed by atoms with van der Waals surface area (Å²) in [5.74, 6) is 0. The lowest BCUT2D eigenvalue weighted by atomic mass is 9.97. The maximum Gasteiger partial charge on any atom is 0.0940 e. The van der Waals surface area contributed by atoms with Crippen molar-refractivity contribution in [3.8, 4) is 6.07 Å². The molecule has 3 heteroatoms. The number of rotatable bonds is 3. The van der Waals surface area contributed by atoms with Crippen molar-refractivity contribution in [2.75, 3.05) is 6.54 Å². The molecule has 2 N–H and O–H groups in total. The largest absolute Gasteiger partial charge is 0.316 e. The second-order valence-corrected chi connectivity index (χ2v) is 4.39. The first-order valence-electron chi connectivity index (χ1n) is 5.56. The van der Waals surface area contributed by atoms with Gasteiger partial charge in [-0.25, -0.2) is 0 Å². The van der Waals surface area contributed by atoms with Gasteiger partial charge in [-0.3, -0.25) is 4.90 Å². The molecule has 0 radical (unpaired) electrons. The van der Waals surface area contributed by atoms with Crippen molar-refractivity contribution in [1.82, 2.24) is 4.90 Å². The first-order chi connectivity index (χ1) is 6.65. The van der Waals surface area contributed by atoms with Gasteiger partial charge in [-0.15, -0.1) is 0 Å². The molecule has 3 atom stereocenters. The fraction of sp³-hybridized carbons (Fsp3) is 0.909. The van der Waals surface area contributed by atoms with E-state index in [-0.39, 0.29) is 6.04 Å². The molecule has 0 bridgehead atoms. The van der Waals surface area contributed by atoms with Crippen LogP contribution in [-0.4, -0.2) is 29.6 Å². The zero-order valence-electron chi connectivity index (χ0n) is 9.24. The van der Waals surface area contributed by atoms with Crippen molar-refractivity contribution < 1.29 is 0 Å². The summed E-state index contributed by atoms with van der Waals surface area (Å²) in [6.07, 6.45) is 4.70. The van der Waals surface area contributed by atoms with Gasteiger partial charge in [0.05, 0.1) is 12.1 Å². The minimum absolute atomic E-state index is 0.295. The highest BCUT2D eigenvalue weighted by molar-refractivity contribution is 4.88. The van der Waals surface area contributed by atoms with E-state index in [0.29, 0.717) is 12.1 Å². The lowest BCUT2D eigenvalue weighted by Gasteiger charge is -2.39. The maximum atomic E-state index is 8.60. The van der Waals surface area contributed by atoms with Crippen LogP contribution in [0.5, 0.6) is 0 Å². The third kappa shape index (κ3) is 2.97. The molecule has 1 heterocycles. The molecule has 0 aromatic carbocycles. The van der Waals surface area contributed by atoms with E-state index in [4.69, 9.17) is 11.0 Å². The van der Waals surface area contributed by atoms with Crippen molar-refractivity contribution in [3.05, 3.63) is 0 Å². The molecule has 1 saturated heterocycles. The highest BCUT2D eigenvalue weighted by Gasteiger charge is 2.24. The quantitative estimate of drug-likeness (QED) is 0.742. The van der Waals surface area contributed by atoms with Gasteiger partial charge in [-0.05, 0) is 33.1 Å². The molecular formula is C11H21N3. The van der Waals surface area contributed by atoms with Crippen LogP contribution in [-0.2, 0) is 0 Å². The summed E-state index contributed by atoms with van der Waals surface area (Å²) in [6.45, 7) is 5.51. The number of nitrogens with zero attached hydrogens (tertiary/aromatic N) is 2. The second kappa shape index (κ2) is 5.33. The van der Waals surface area contributed by atoms with Crippen molar-refractivity contribution >= 4 is 0 Å². The highest BCUT2D eigenvalue weighted by atomic mass is 15.2. The number of nitrogens with two attached hydrogens (primary N) is 1. The van der Waals surface area contributed by atoms with E-state index in [1.54, 1.807) is 0 Å². The minimum atomic E-state index is -0.295. The summed E-state index contributed by atoms with van der Waals surface area (Å²) in [6, 6.07) is 3.10. The summed E-state index contributed by atoms with van der Waals surface area (Å²) in [4.78, 5) is 2.49. The van der Waals surface area contributed by atoms with Gasteiger partial charge in [0.15, 0.2) is 0 Å². The normalized spacial score (nSPS) is 31.0. The van der Waals surface area contributed by atoms with Crippen LogP contribution in [0.1, 0.15) is 39.5 Å². The number of likely N-dealkylation sites (tertiary alicyclic amines) is 1. The predicted octanol–water partition coefficient (Wildman–Crippen LogP) is 1.49. The van der Waals surface area contributed by atoms with Crippen molar-refractivity contribution in [2.45, 2.75) is 57.7 Å². The molecule has 1 fully saturated rings. The van der Waals surface area contributed by atoms with Gasteiger partial charge in [0, 0.05) is 18.6 Å². The average Bonchev–Trinajstić information content (AvgIpc) is 2.16. The Morgan fingerprint density at radius 2 is 2.00 bits per heavy atom. The first kappa shape index (κ1) is 11.5. The van der Waals surface area contributed by atoms with Crippen molar-refractivity contribution in [2.24, 2.45) is 5.73 Å². The Hall–Kier alpha value is -0.590. The summed E-state index contributed by atoms with van der Waals surface area (Å²) < 4.78 is 0. The average molecular weight is 195 g/mol. The van der Waals surface area contributed by atoms with E-state index < -0.39 is 0 Å². The van der Waals surface area contributed by atoms with Gasteiger partial charge in [-0.1, -0.05) is 6.42 Å². The van der Waals surface area contributed by atoms with E-state index in [0.717, 1.165) is 13.0 Å². The van der Waals surface area contributed by atoms with Gasteiger partial charge >= 0.3 is 0 Å². The summed E-state index contributed by atoms with van der Waals surface area (Å²) in [7, 11) is 0. The molecule has 14 heavy (non-hydrogen) atoms. The van der Waals surface area contributed by atoms with Crippen molar-refractivity contribution in [3.63, 3.8) is 0 Å². The summed E-state index contributed by atoms with van der Waals surface area (Å²) in [5, 5.41) is 8.60. The Labute approximate surface area is 86.9 Å². The van der Waals surface area contributed by atoms with Gasteiger partial charge < -0.3 is 5.73 Å². The van der Waals surface area contributed by atoms with Crippen LogP contribution in [0.15, 0.2) is 0 Å². The number of piperidine rings is 1. The van der Waals surface area contributed by atoms with Gasteiger partial charge in [0.2, 0.25) is 0 Å². The van der Waals surface area contributed by atoms with Crippen LogP contribution in [0.3, 0.4) is 0 Å². The third-order valence-electron chi connectivity index (χ3n) is 3.24. The summed E-state index contributed by atoms with van der Waals surface area (Å²) >= 11 is 0. The topological polar surface area (TPSA) is 53.0 Å². The molecule has 0 amide bonds. The molecule has 1 aliphatic rings. The summed E-state index contributed by atoms with van der Waals surface area (Å²) in [5.41, 5.74) is 5.59. The molecule has 1 rings (SSSR count). The van der Waals surface area contributed by atoms with E-state index in [2.05, 4.69) is 24.8 Å². The molecule has 0 aromatic rings. The molecular weight excluding hydrogens is 174 g/mol. The van der Waals surface area contributed by atoms with E-state index in [1.807, 2.05) is 0 Å². The Balaban J connectivity index is 2.37. The molecule has 0 spiro atoms. The fourth-order valence-corrected chi connectivity index (χ4v) is 2.27. The van der Waals surface area contributed by atoms with Crippen LogP contribution in [0.2, 0.25) is 0 Å². The smallest absolute Gasteiger partial charge is 0.0940 e. The Morgan fingerprint density at radius 1 is 1.43 bits per heavy atom. The zero-order valence-corrected chi connectivity index (χ0v) is 9.24. The highest BCUT2D eigenvalue weighted by Crippen LogP contribution is 2.22. The second-order valence-electron chi connectivity index (χ2n) is 4.39. The molecule has 1 unspecified atom stereocenters. The van der Waals surface area contributed by atoms with Gasteiger partial charge in [0.1, 0.15) is 0 Å². The van der Waals surface area contributed by atoms with Crippen molar-refractivity contribution in [1.29, 1.82) is 5.26 Å². The van der Waals surface area contributed by atoms with Crippen LogP contribution >= 0.6 is 0 Å². The molecule has 1 aliphatic heterocycles. The van der Waals surface area contributed by atoms with Gasteiger partial charge in [0.25, 0.3) is 0 Å². The fourth-order valence-electron chi connectivity index (χ4n) is 2.27. The molecule has 80 valence electrons.